The van der Waals surface area contributed by atoms with E-state index >= 15 is 0 Å². The molecule has 1 aromatic carbocycles. The number of sulfone groups is 1. The Morgan fingerprint density at radius 2 is 1.89 bits per heavy atom. The molecule has 0 aliphatic rings. The second kappa shape index (κ2) is 7.88. The van der Waals surface area contributed by atoms with E-state index in [9.17, 15) is 8.42 Å². The minimum Gasteiger partial charge on any atom is -0.315 e. The van der Waals surface area contributed by atoms with Gasteiger partial charge in [0, 0.05) is 11.1 Å². The molecule has 3 nitrogen and oxygen atoms in total. The lowest BCUT2D eigenvalue weighted by Gasteiger charge is -2.11. The SMILES string of the molecule is CCNC(C)CCCS(=O)(=O)Cc1ccc(Cl)cc1. The average Bonchev–Trinajstić information content (AvgIpc) is 2.32. The van der Waals surface area contributed by atoms with Gasteiger partial charge in [0.25, 0.3) is 0 Å². The van der Waals surface area contributed by atoms with Crippen LogP contribution in [-0.2, 0) is 15.6 Å². The lowest BCUT2D eigenvalue weighted by molar-refractivity contribution is 0.520. The Hall–Kier alpha value is -0.580. The second-order valence-corrected chi connectivity index (χ2v) is 7.44. The summed E-state index contributed by atoms with van der Waals surface area (Å²) in [4.78, 5) is 0. The van der Waals surface area contributed by atoms with Crippen molar-refractivity contribution in [3.05, 3.63) is 34.9 Å². The molecule has 19 heavy (non-hydrogen) atoms. The minimum atomic E-state index is -3.03. The predicted molar refractivity (Wildman–Crippen MR) is 81.3 cm³/mol. The van der Waals surface area contributed by atoms with Gasteiger partial charge in [0.2, 0.25) is 0 Å². The number of hydrogen-bond donors (Lipinski definition) is 1. The van der Waals surface area contributed by atoms with E-state index in [-0.39, 0.29) is 11.5 Å². The molecule has 0 saturated heterocycles. The van der Waals surface area contributed by atoms with Gasteiger partial charge in [-0.25, -0.2) is 8.42 Å². The highest BCUT2D eigenvalue weighted by Gasteiger charge is 2.12. The normalized spacial score (nSPS) is 13.4. The zero-order valence-corrected chi connectivity index (χ0v) is 13.1. The van der Waals surface area contributed by atoms with Crippen LogP contribution in [0.1, 0.15) is 32.3 Å². The summed E-state index contributed by atoms with van der Waals surface area (Å²) in [5, 5.41) is 3.90. The lowest BCUT2D eigenvalue weighted by Crippen LogP contribution is -2.26. The monoisotopic (exact) mass is 303 g/mol. The summed E-state index contributed by atoms with van der Waals surface area (Å²) in [6, 6.07) is 7.34. The summed E-state index contributed by atoms with van der Waals surface area (Å²) in [6.45, 7) is 5.04. The largest absolute Gasteiger partial charge is 0.315 e. The maximum Gasteiger partial charge on any atom is 0.154 e. The highest BCUT2D eigenvalue weighted by molar-refractivity contribution is 7.90. The van der Waals surface area contributed by atoms with Crippen LogP contribution < -0.4 is 5.32 Å². The zero-order valence-electron chi connectivity index (χ0n) is 11.5. The van der Waals surface area contributed by atoms with Gasteiger partial charge in [0.15, 0.2) is 9.84 Å². The number of rotatable bonds is 8. The maximum absolute atomic E-state index is 12.0. The molecule has 1 atom stereocenters. The molecule has 0 radical (unpaired) electrons. The Kier molecular flexibility index (Phi) is 6.83. The lowest BCUT2D eigenvalue weighted by atomic mass is 10.2. The molecule has 1 N–H and O–H groups in total. The molecule has 0 aliphatic carbocycles. The van der Waals surface area contributed by atoms with Crippen molar-refractivity contribution in [2.45, 2.75) is 38.5 Å². The summed E-state index contributed by atoms with van der Waals surface area (Å²) in [7, 11) is -3.03. The standard InChI is InChI=1S/C14H22ClNO2S/c1-3-16-12(2)5-4-10-19(17,18)11-13-6-8-14(15)9-7-13/h6-9,12,16H,3-5,10-11H2,1-2H3. The third-order valence-electron chi connectivity index (χ3n) is 2.94. The van der Waals surface area contributed by atoms with Crippen LogP contribution in [0.2, 0.25) is 5.02 Å². The van der Waals surface area contributed by atoms with Gasteiger partial charge in [-0.05, 0) is 44.0 Å². The van der Waals surface area contributed by atoms with Gasteiger partial charge in [0.05, 0.1) is 11.5 Å². The van der Waals surface area contributed by atoms with Gasteiger partial charge in [-0.2, -0.15) is 0 Å². The van der Waals surface area contributed by atoms with E-state index in [0.717, 1.165) is 18.5 Å². The van der Waals surface area contributed by atoms with Crippen molar-refractivity contribution in [2.75, 3.05) is 12.3 Å². The molecule has 1 unspecified atom stereocenters. The Labute approximate surface area is 121 Å². The van der Waals surface area contributed by atoms with Gasteiger partial charge in [0.1, 0.15) is 0 Å². The first-order valence-electron chi connectivity index (χ1n) is 6.61. The summed E-state index contributed by atoms with van der Waals surface area (Å²) in [5.41, 5.74) is 0.795. The molecule has 0 aromatic heterocycles. The van der Waals surface area contributed by atoms with E-state index in [2.05, 4.69) is 12.2 Å². The molecule has 0 heterocycles. The van der Waals surface area contributed by atoms with Crippen molar-refractivity contribution in [1.29, 1.82) is 0 Å². The van der Waals surface area contributed by atoms with E-state index < -0.39 is 9.84 Å². The Bertz CT molecular complexity index is 471. The van der Waals surface area contributed by atoms with E-state index in [1.165, 1.54) is 0 Å². The average molecular weight is 304 g/mol. The second-order valence-electron chi connectivity index (χ2n) is 4.82. The van der Waals surface area contributed by atoms with Crippen LogP contribution in [0.3, 0.4) is 0 Å². The van der Waals surface area contributed by atoms with Crippen LogP contribution >= 0.6 is 11.6 Å². The molecule has 1 aromatic rings. The quantitative estimate of drug-likeness (QED) is 0.803. The molecular formula is C14H22ClNO2S. The molecule has 0 amide bonds. The summed E-state index contributed by atoms with van der Waals surface area (Å²) in [6.07, 6.45) is 1.58. The molecule has 0 fully saturated rings. The first kappa shape index (κ1) is 16.5. The molecule has 0 spiro atoms. The smallest absolute Gasteiger partial charge is 0.154 e. The summed E-state index contributed by atoms with van der Waals surface area (Å²) in [5.74, 6) is 0.338. The molecule has 108 valence electrons. The zero-order chi connectivity index (χ0) is 14.3. The van der Waals surface area contributed by atoms with Gasteiger partial charge < -0.3 is 5.32 Å². The minimum absolute atomic E-state index is 0.0970. The van der Waals surface area contributed by atoms with E-state index in [1.54, 1.807) is 24.3 Å². The molecule has 5 heteroatoms. The van der Waals surface area contributed by atoms with E-state index in [4.69, 9.17) is 11.6 Å². The highest BCUT2D eigenvalue weighted by atomic mass is 35.5. The Morgan fingerprint density at radius 3 is 2.47 bits per heavy atom. The maximum atomic E-state index is 12.0. The third kappa shape index (κ3) is 6.95. The van der Waals surface area contributed by atoms with Crippen LogP contribution in [0.25, 0.3) is 0 Å². The molecule has 0 bridgehead atoms. The number of hydrogen-bond acceptors (Lipinski definition) is 3. The van der Waals surface area contributed by atoms with Crippen molar-refractivity contribution in [2.24, 2.45) is 0 Å². The molecule has 1 rings (SSSR count). The van der Waals surface area contributed by atoms with Crippen LogP contribution in [0.5, 0.6) is 0 Å². The van der Waals surface area contributed by atoms with Crippen LogP contribution in [0, 0.1) is 0 Å². The fraction of sp³-hybridized carbons (Fsp3) is 0.571. The third-order valence-corrected chi connectivity index (χ3v) is 4.88. The van der Waals surface area contributed by atoms with Crippen molar-refractivity contribution in [3.63, 3.8) is 0 Å². The Balaban J connectivity index is 2.42. The van der Waals surface area contributed by atoms with Gasteiger partial charge in [-0.1, -0.05) is 30.7 Å². The number of halogens is 1. The molecule has 0 saturated carbocycles. The van der Waals surface area contributed by atoms with Crippen molar-refractivity contribution < 1.29 is 8.42 Å². The topological polar surface area (TPSA) is 46.2 Å². The predicted octanol–water partition coefficient (Wildman–Crippen LogP) is 3.03. The summed E-state index contributed by atoms with van der Waals surface area (Å²) < 4.78 is 23.9. The van der Waals surface area contributed by atoms with Crippen molar-refractivity contribution in [3.8, 4) is 0 Å². The van der Waals surface area contributed by atoms with Gasteiger partial charge in [-0.15, -0.1) is 0 Å². The first-order valence-corrected chi connectivity index (χ1v) is 8.81. The number of benzene rings is 1. The fourth-order valence-corrected chi connectivity index (χ4v) is 3.54. The van der Waals surface area contributed by atoms with E-state index in [0.29, 0.717) is 17.5 Å². The van der Waals surface area contributed by atoms with Crippen molar-refractivity contribution >= 4 is 21.4 Å². The molecular weight excluding hydrogens is 282 g/mol. The van der Waals surface area contributed by atoms with Crippen LogP contribution in [0.4, 0.5) is 0 Å². The van der Waals surface area contributed by atoms with E-state index in [1.807, 2.05) is 6.92 Å². The fourth-order valence-electron chi connectivity index (χ4n) is 1.97. The highest BCUT2D eigenvalue weighted by Crippen LogP contribution is 2.13. The van der Waals surface area contributed by atoms with Gasteiger partial charge in [-0.3, -0.25) is 0 Å². The Morgan fingerprint density at radius 1 is 1.26 bits per heavy atom. The van der Waals surface area contributed by atoms with Crippen molar-refractivity contribution in [1.82, 2.24) is 5.32 Å². The first-order chi connectivity index (χ1) is 8.93. The molecule has 0 aliphatic heterocycles. The number of nitrogens with one attached hydrogen (secondary N) is 1. The van der Waals surface area contributed by atoms with Crippen LogP contribution in [-0.4, -0.2) is 26.8 Å². The van der Waals surface area contributed by atoms with Crippen LogP contribution in [0.15, 0.2) is 24.3 Å². The van der Waals surface area contributed by atoms with Gasteiger partial charge >= 0.3 is 0 Å². The summed E-state index contributed by atoms with van der Waals surface area (Å²) >= 11 is 5.77.